The molecule has 0 unspecified atom stereocenters. The Morgan fingerprint density at radius 3 is 2.00 bits per heavy atom. The highest BCUT2D eigenvalue weighted by Crippen LogP contribution is 2.19. The van der Waals surface area contributed by atoms with Gasteiger partial charge in [0.1, 0.15) is 0 Å². The SMILES string of the molecule is C=CCc1cc(NCC)cc(NCC)c1. The highest BCUT2D eigenvalue weighted by molar-refractivity contribution is 5.59. The van der Waals surface area contributed by atoms with Crippen LogP contribution in [0.5, 0.6) is 0 Å². The van der Waals surface area contributed by atoms with Gasteiger partial charge in [0.2, 0.25) is 0 Å². The van der Waals surface area contributed by atoms with Crippen LogP contribution in [0.2, 0.25) is 0 Å². The highest BCUT2D eigenvalue weighted by Gasteiger charge is 1.98. The third-order valence-electron chi connectivity index (χ3n) is 2.13. The third-order valence-corrected chi connectivity index (χ3v) is 2.13. The predicted molar refractivity (Wildman–Crippen MR) is 68.7 cm³/mol. The van der Waals surface area contributed by atoms with E-state index in [1.807, 2.05) is 6.08 Å². The van der Waals surface area contributed by atoms with E-state index in [-0.39, 0.29) is 0 Å². The zero-order valence-corrected chi connectivity index (χ0v) is 9.64. The molecule has 0 spiro atoms. The number of allylic oxidation sites excluding steroid dienone is 1. The average Bonchev–Trinajstić information content (AvgIpc) is 2.19. The lowest BCUT2D eigenvalue weighted by Crippen LogP contribution is -2.01. The number of hydrogen-bond donors (Lipinski definition) is 2. The summed E-state index contributed by atoms with van der Waals surface area (Å²) < 4.78 is 0. The maximum absolute atomic E-state index is 3.77. The minimum atomic E-state index is 0.914. The first-order valence-corrected chi connectivity index (χ1v) is 5.52. The maximum Gasteiger partial charge on any atom is 0.0363 e. The van der Waals surface area contributed by atoms with Gasteiger partial charge in [-0.2, -0.15) is 0 Å². The van der Waals surface area contributed by atoms with Gasteiger partial charge in [0.05, 0.1) is 0 Å². The van der Waals surface area contributed by atoms with Gasteiger partial charge in [-0.1, -0.05) is 6.08 Å². The fourth-order valence-corrected chi connectivity index (χ4v) is 1.59. The first-order chi connectivity index (χ1) is 7.30. The lowest BCUT2D eigenvalue weighted by molar-refractivity contribution is 1.18. The number of rotatable bonds is 6. The third kappa shape index (κ3) is 3.66. The number of anilines is 2. The first-order valence-electron chi connectivity index (χ1n) is 5.52. The lowest BCUT2D eigenvalue weighted by atomic mass is 10.1. The Labute approximate surface area is 92.4 Å². The van der Waals surface area contributed by atoms with Crippen molar-refractivity contribution in [2.45, 2.75) is 20.3 Å². The Balaban J connectivity index is 2.91. The summed E-state index contributed by atoms with van der Waals surface area (Å²) in [6, 6.07) is 6.48. The molecule has 0 amide bonds. The van der Waals surface area contributed by atoms with Crippen LogP contribution in [0.25, 0.3) is 0 Å². The minimum absolute atomic E-state index is 0.914. The van der Waals surface area contributed by atoms with E-state index in [1.165, 1.54) is 16.9 Å². The van der Waals surface area contributed by atoms with E-state index in [0.717, 1.165) is 19.5 Å². The molecule has 0 aromatic heterocycles. The first kappa shape index (κ1) is 11.6. The molecule has 0 saturated carbocycles. The molecule has 0 saturated heterocycles. The Morgan fingerprint density at radius 1 is 1.07 bits per heavy atom. The van der Waals surface area contributed by atoms with E-state index in [0.29, 0.717) is 0 Å². The molecule has 15 heavy (non-hydrogen) atoms. The number of nitrogens with one attached hydrogen (secondary N) is 2. The number of benzene rings is 1. The van der Waals surface area contributed by atoms with Gasteiger partial charge in [-0.05, 0) is 44.0 Å². The molecule has 0 atom stereocenters. The molecule has 0 aliphatic heterocycles. The van der Waals surface area contributed by atoms with Crippen molar-refractivity contribution in [2.75, 3.05) is 23.7 Å². The van der Waals surface area contributed by atoms with E-state index in [9.17, 15) is 0 Å². The molecule has 1 rings (SSSR count). The largest absolute Gasteiger partial charge is 0.385 e. The van der Waals surface area contributed by atoms with E-state index >= 15 is 0 Å². The van der Waals surface area contributed by atoms with Gasteiger partial charge in [-0.25, -0.2) is 0 Å². The van der Waals surface area contributed by atoms with Gasteiger partial charge in [-0.15, -0.1) is 6.58 Å². The molecule has 2 N–H and O–H groups in total. The van der Waals surface area contributed by atoms with Crippen LogP contribution in [0.4, 0.5) is 11.4 Å². The fraction of sp³-hybridized carbons (Fsp3) is 0.385. The van der Waals surface area contributed by atoms with Gasteiger partial charge < -0.3 is 10.6 Å². The normalized spacial score (nSPS) is 9.73. The fourth-order valence-electron chi connectivity index (χ4n) is 1.59. The smallest absolute Gasteiger partial charge is 0.0363 e. The summed E-state index contributed by atoms with van der Waals surface area (Å²) in [5.41, 5.74) is 3.64. The summed E-state index contributed by atoms with van der Waals surface area (Å²) in [5, 5.41) is 6.66. The molecule has 0 radical (unpaired) electrons. The Hall–Kier alpha value is -1.44. The van der Waals surface area contributed by atoms with Crippen LogP contribution in [0.3, 0.4) is 0 Å². The van der Waals surface area contributed by atoms with Crippen molar-refractivity contribution in [1.82, 2.24) is 0 Å². The monoisotopic (exact) mass is 204 g/mol. The summed E-state index contributed by atoms with van der Waals surface area (Å²) in [6.07, 6.45) is 2.85. The van der Waals surface area contributed by atoms with Crippen LogP contribution in [-0.2, 0) is 6.42 Å². The summed E-state index contributed by atoms with van der Waals surface area (Å²) in [5.74, 6) is 0. The van der Waals surface area contributed by atoms with Crippen LogP contribution < -0.4 is 10.6 Å². The zero-order valence-electron chi connectivity index (χ0n) is 9.64. The lowest BCUT2D eigenvalue weighted by Gasteiger charge is -2.10. The molecule has 1 aromatic rings. The Kier molecular flexibility index (Phi) is 4.75. The quantitative estimate of drug-likeness (QED) is 0.695. The molecule has 82 valence electrons. The predicted octanol–water partition coefficient (Wildman–Crippen LogP) is 3.28. The molecule has 0 bridgehead atoms. The van der Waals surface area contributed by atoms with E-state index < -0.39 is 0 Å². The second kappa shape index (κ2) is 6.12. The van der Waals surface area contributed by atoms with Crippen molar-refractivity contribution in [3.8, 4) is 0 Å². The maximum atomic E-state index is 3.77. The zero-order chi connectivity index (χ0) is 11.1. The molecule has 2 nitrogen and oxygen atoms in total. The van der Waals surface area contributed by atoms with Crippen LogP contribution in [0.15, 0.2) is 30.9 Å². The molecule has 0 aliphatic rings. The van der Waals surface area contributed by atoms with Crippen LogP contribution >= 0.6 is 0 Å². The standard InChI is InChI=1S/C13H20N2/c1-4-7-11-8-12(14-5-2)10-13(9-11)15-6-3/h4,8-10,14-15H,1,5-7H2,2-3H3. The van der Waals surface area contributed by atoms with Crippen molar-refractivity contribution in [3.63, 3.8) is 0 Å². The molecular formula is C13H20N2. The van der Waals surface area contributed by atoms with Crippen molar-refractivity contribution in [1.29, 1.82) is 0 Å². The van der Waals surface area contributed by atoms with Crippen molar-refractivity contribution < 1.29 is 0 Å². The number of hydrogen-bond acceptors (Lipinski definition) is 2. The average molecular weight is 204 g/mol. The Morgan fingerprint density at radius 2 is 1.60 bits per heavy atom. The van der Waals surface area contributed by atoms with E-state index in [4.69, 9.17) is 0 Å². The highest BCUT2D eigenvalue weighted by atomic mass is 14.9. The topological polar surface area (TPSA) is 24.1 Å². The summed E-state index contributed by atoms with van der Waals surface area (Å²) in [7, 11) is 0. The second-order valence-corrected chi connectivity index (χ2v) is 3.47. The molecule has 0 fully saturated rings. The molecule has 0 heterocycles. The summed E-state index contributed by atoms with van der Waals surface area (Å²) >= 11 is 0. The molecular weight excluding hydrogens is 184 g/mol. The van der Waals surface area contributed by atoms with Gasteiger partial charge in [0, 0.05) is 24.5 Å². The van der Waals surface area contributed by atoms with Gasteiger partial charge >= 0.3 is 0 Å². The molecule has 0 aliphatic carbocycles. The summed E-state index contributed by atoms with van der Waals surface area (Å²) in [6.45, 7) is 9.87. The Bertz CT molecular complexity index is 294. The minimum Gasteiger partial charge on any atom is -0.385 e. The van der Waals surface area contributed by atoms with Gasteiger partial charge in [0.25, 0.3) is 0 Å². The van der Waals surface area contributed by atoms with Crippen molar-refractivity contribution in [2.24, 2.45) is 0 Å². The van der Waals surface area contributed by atoms with Crippen LogP contribution in [-0.4, -0.2) is 13.1 Å². The van der Waals surface area contributed by atoms with Crippen molar-refractivity contribution >= 4 is 11.4 Å². The van der Waals surface area contributed by atoms with E-state index in [1.54, 1.807) is 0 Å². The van der Waals surface area contributed by atoms with Gasteiger partial charge in [0.15, 0.2) is 0 Å². The molecule has 2 heteroatoms. The van der Waals surface area contributed by atoms with E-state index in [2.05, 4.69) is 49.3 Å². The second-order valence-electron chi connectivity index (χ2n) is 3.47. The van der Waals surface area contributed by atoms with Crippen molar-refractivity contribution in [3.05, 3.63) is 36.4 Å². The van der Waals surface area contributed by atoms with Gasteiger partial charge in [-0.3, -0.25) is 0 Å². The van der Waals surface area contributed by atoms with Crippen LogP contribution in [0, 0.1) is 0 Å². The molecule has 1 aromatic carbocycles. The summed E-state index contributed by atoms with van der Waals surface area (Å²) in [4.78, 5) is 0. The van der Waals surface area contributed by atoms with Crippen LogP contribution in [0.1, 0.15) is 19.4 Å².